The number of aliphatic imine (C=N–C) groups is 3. The van der Waals surface area contributed by atoms with Crippen molar-refractivity contribution in [2.24, 2.45) is 32.7 Å². The number of aliphatic hydroxyl groups is 1. The number of carbonyl (C=O) groups excluding carboxylic acids is 3. The van der Waals surface area contributed by atoms with Gasteiger partial charge in [0.15, 0.2) is 0 Å². The summed E-state index contributed by atoms with van der Waals surface area (Å²) in [5, 5.41) is 11.8. The van der Waals surface area contributed by atoms with Gasteiger partial charge in [-0.2, -0.15) is 0 Å². The molecule has 0 unspecified atom stereocenters. The molecule has 4 aliphatic rings. The summed E-state index contributed by atoms with van der Waals surface area (Å²) in [4.78, 5) is 59.1. The van der Waals surface area contributed by atoms with E-state index in [1.54, 1.807) is 13.0 Å². The molecule has 0 aromatic carbocycles. The Labute approximate surface area is 399 Å². The van der Waals surface area contributed by atoms with E-state index in [0.29, 0.717) is 46.2 Å². The Morgan fingerprint density at radius 3 is 1.99 bits per heavy atom. The van der Waals surface area contributed by atoms with E-state index in [-0.39, 0.29) is 42.0 Å². The highest BCUT2D eigenvalue weighted by Gasteiger charge is 2.39. The van der Waals surface area contributed by atoms with Gasteiger partial charge in [-0.15, -0.1) is 0 Å². The number of hydrogen-bond donors (Lipinski definition) is 2. The lowest BCUT2D eigenvalue weighted by atomic mass is 9.89. The molecule has 0 radical (unpaired) electrons. The van der Waals surface area contributed by atoms with Gasteiger partial charge in [-0.05, 0) is 136 Å². The summed E-state index contributed by atoms with van der Waals surface area (Å²) in [6.07, 6.45) is 21.4. The number of aliphatic hydroxyl groups excluding tert-OH is 1. The van der Waals surface area contributed by atoms with Gasteiger partial charge in [0.2, 0.25) is 5.76 Å². The van der Waals surface area contributed by atoms with E-state index in [2.05, 4.69) is 53.1 Å². The second kappa shape index (κ2) is 23.7. The molecule has 0 fully saturated rings. The average molecular weight is 915 g/mol. The molecule has 8 bridgehead atoms. The molecule has 11 nitrogen and oxygen atoms in total. The summed E-state index contributed by atoms with van der Waals surface area (Å²) < 4.78 is 16.1. The minimum absolute atomic E-state index is 0.0176. The van der Waals surface area contributed by atoms with Crippen LogP contribution in [-0.4, -0.2) is 66.0 Å². The molecule has 0 saturated heterocycles. The predicted octanol–water partition coefficient (Wildman–Crippen LogP) is 13.1. The fourth-order valence-electron chi connectivity index (χ4n) is 9.33. The third kappa shape index (κ3) is 12.6. The van der Waals surface area contributed by atoms with Gasteiger partial charge in [0, 0.05) is 23.4 Å². The molecule has 1 aromatic heterocycles. The zero-order valence-electron chi connectivity index (χ0n) is 42.3. The molecule has 5 heterocycles. The molecule has 0 amide bonds. The summed E-state index contributed by atoms with van der Waals surface area (Å²) in [6, 6.07) is 0. The summed E-state index contributed by atoms with van der Waals surface area (Å²) >= 11 is 0. The van der Waals surface area contributed by atoms with Crippen molar-refractivity contribution in [3.05, 3.63) is 109 Å². The Morgan fingerprint density at radius 1 is 0.761 bits per heavy atom. The SMILES string of the molecule is C=Cc1c2[nH]c(c1C)C=C1N=C(C(CCC(=O)OC/C=C(\C)CCC[C@H](C)CCC[C@H](C)CCCC(C)C)=C1C)/C(=C(/O)C(=O)OC)C1=NC(=CC3=NC(=C2)C(C)=C3CC)C(C)=C1C(=O)OC. The standard InChI is InChI=1S/C56H74N4O7/c1-14-40-36(8)43-29-45-38(10)42(25-26-49(61)67-28-27-35(7)24-18-23-34(6)22-17-21-33(5)20-16-19-32(3)4)52(59-45)51(54(62)56(64)66-13)53-50(55(63)65-12)39(11)46(60-53)31-48-41(15-2)37(9)44(58-48)30-47(40)57-43/h14,27,29-34,57,62H,1,15-26,28H2,2-13H3/b35-27+,44-30?,45-29?,46-31?,54-51-/t33-,34-/m1/s1. The number of hydrogen-bond acceptors (Lipinski definition) is 10. The number of fused-ring (bicyclic) bond motifs is 5. The highest BCUT2D eigenvalue weighted by Crippen LogP contribution is 2.40. The van der Waals surface area contributed by atoms with Gasteiger partial charge in [-0.25, -0.2) is 24.6 Å². The molecule has 11 heteroatoms. The quantitative estimate of drug-likeness (QED) is 0.0409. The van der Waals surface area contributed by atoms with E-state index in [1.165, 1.54) is 57.6 Å². The summed E-state index contributed by atoms with van der Waals surface area (Å²) in [6.45, 7) is 25.4. The number of esters is 3. The van der Waals surface area contributed by atoms with Crippen molar-refractivity contribution in [2.45, 2.75) is 146 Å². The van der Waals surface area contributed by atoms with Crippen molar-refractivity contribution in [1.82, 2.24) is 4.98 Å². The fraction of sp³-hybridized carbons (Fsp3) is 0.500. The molecule has 5 rings (SSSR count). The normalized spacial score (nSPS) is 17.8. The number of carbonyl (C=O) groups is 3. The van der Waals surface area contributed by atoms with E-state index in [1.807, 2.05) is 45.1 Å². The number of aromatic nitrogens is 1. The van der Waals surface area contributed by atoms with E-state index in [9.17, 15) is 19.5 Å². The molecular formula is C56H74N4O7. The number of nitrogens with zero attached hydrogens (tertiary/aromatic N) is 3. The van der Waals surface area contributed by atoms with Crippen LogP contribution in [0, 0.1) is 24.7 Å². The van der Waals surface area contributed by atoms with Crippen LogP contribution in [-0.2, 0) is 28.6 Å². The van der Waals surface area contributed by atoms with Crippen LogP contribution in [0.2, 0.25) is 0 Å². The van der Waals surface area contributed by atoms with Crippen molar-refractivity contribution >= 4 is 53.3 Å². The van der Waals surface area contributed by atoms with Gasteiger partial charge >= 0.3 is 17.9 Å². The van der Waals surface area contributed by atoms with E-state index in [0.717, 1.165) is 71.1 Å². The maximum Gasteiger partial charge on any atom is 0.373 e. The molecular weight excluding hydrogens is 841 g/mol. The Balaban J connectivity index is 1.42. The highest BCUT2D eigenvalue weighted by atomic mass is 16.5. The summed E-state index contributed by atoms with van der Waals surface area (Å²) in [7, 11) is 2.41. The van der Waals surface area contributed by atoms with Crippen LogP contribution in [0.3, 0.4) is 0 Å². The van der Waals surface area contributed by atoms with Gasteiger partial charge in [-0.3, -0.25) is 4.79 Å². The molecule has 0 aliphatic carbocycles. The van der Waals surface area contributed by atoms with E-state index in [4.69, 9.17) is 29.2 Å². The second-order valence-corrected chi connectivity index (χ2v) is 19.1. The summed E-state index contributed by atoms with van der Waals surface area (Å²) in [5.41, 5.74) is 10.7. The first-order chi connectivity index (χ1) is 31.9. The van der Waals surface area contributed by atoms with Crippen molar-refractivity contribution < 1.29 is 33.7 Å². The third-order valence-corrected chi connectivity index (χ3v) is 13.6. The summed E-state index contributed by atoms with van der Waals surface area (Å²) in [5.74, 6) is -0.727. The van der Waals surface area contributed by atoms with Gasteiger partial charge in [0.05, 0.1) is 59.6 Å². The molecule has 67 heavy (non-hydrogen) atoms. The minimum atomic E-state index is -1.06. The molecule has 2 atom stereocenters. The van der Waals surface area contributed by atoms with Crippen LogP contribution in [0.15, 0.2) is 101 Å². The minimum Gasteiger partial charge on any atom is -0.501 e. The van der Waals surface area contributed by atoms with E-state index < -0.39 is 23.7 Å². The molecule has 0 spiro atoms. The van der Waals surface area contributed by atoms with Crippen molar-refractivity contribution in [1.29, 1.82) is 0 Å². The molecule has 0 saturated carbocycles. The Morgan fingerprint density at radius 2 is 1.36 bits per heavy atom. The van der Waals surface area contributed by atoms with Crippen LogP contribution < -0.4 is 0 Å². The highest BCUT2D eigenvalue weighted by molar-refractivity contribution is 6.43. The Bertz CT molecular complexity index is 2490. The van der Waals surface area contributed by atoms with Gasteiger partial charge < -0.3 is 24.3 Å². The maximum atomic E-state index is 13.7. The number of nitrogens with one attached hydrogen (secondary N) is 1. The molecule has 360 valence electrons. The number of rotatable bonds is 21. The maximum absolute atomic E-state index is 13.7. The molecule has 1 aromatic rings. The van der Waals surface area contributed by atoms with Crippen LogP contribution >= 0.6 is 0 Å². The number of methoxy groups -OCH3 is 2. The topological polar surface area (TPSA) is 152 Å². The van der Waals surface area contributed by atoms with Gasteiger partial charge in [-0.1, -0.05) is 97.8 Å². The van der Waals surface area contributed by atoms with Crippen LogP contribution in [0.5, 0.6) is 0 Å². The molecule has 2 N–H and O–H groups in total. The Hall–Kier alpha value is -5.84. The first-order valence-corrected chi connectivity index (χ1v) is 24.2. The fourth-order valence-corrected chi connectivity index (χ4v) is 9.33. The number of aromatic amines is 1. The first kappa shape index (κ1) is 52.1. The zero-order chi connectivity index (χ0) is 49.1. The average Bonchev–Trinajstić information content (AvgIpc) is 3.97. The third-order valence-electron chi connectivity index (χ3n) is 13.6. The van der Waals surface area contributed by atoms with Crippen LogP contribution in [0.1, 0.15) is 162 Å². The largest absolute Gasteiger partial charge is 0.501 e. The van der Waals surface area contributed by atoms with Crippen LogP contribution in [0.4, 0.5) is 0 Å². The van der Waals surface area contributed by atoms with Gasteiger partial charge in [0.25, 0.3) is 0 Å². The van der Waals surface area contributed by atoms with Gasteiger partial charge in [0.1, 0.15) is 6.61 Å². The van der Waals surface area contributed by atoms with Crippen molar-refractivity contribution in [2.75, 3.05) is 20.8 Å². The lowest BCUT2D eigenvalue weighted by Crippen LogP contribution is -2.25. The first-order valence-electron chi connectivity index (χ1n) is 24.2. The zero-order valence-corrected chi connectivity index (χ0v) is 42.3. The van der Waals surface area contributed by atoms with Crippen LogP contribution in [0.25, 0.3) is 18.2 Å². The predicted molar refractivity (Wildman–Crippen MR) is 273 cm³/mol. The molecule has 4 aliphatic heterocycles. The monoisotopic (exact) mass is 915 g/mol. The lowest BCUT2D eigenvalue weighted by molar-refractivity contribution is -0.142. The number of ether oxygens (including phenoxy) is 3. The second-order valence-electron chi connectivity index (χ2n) is 19.1. The van der Waals surface area contributed by atoms with Crippen molar-refractivity contribution in [3.63, 3.8) is 0 Å². The van der Waals surface area contributed by atoms with Crippen molar-refractivity contribution in [3.8, 4) is 0 Å². The number of H-pyrrole nitrogens is 1. The number of allylic oxidation sites excluding steroid dienone is 8. The lowest BCUT2D eigenvalue weighted by Gasteiger charge is -2.15. The van der Waals surface area contributed by atoms with E-state index >= 15 is 0 Å². The smallest absolute Gasteiger partial charge is 0.373 e. The Kier molecular flexibility index (Phi) is 18.5.